The number of likely N-dealkylation sites (tertiary alicyclic amines) is 1. The normalized spacial score (nSPS) is 17.2. The molecule has 1 aliphatic heterocycles. The second-order valence-electron chi connectivity index (χ2n) is 6.10. The number of fused-ring (bicyclic) bond motifs is 1. The van der Waals surface area contributed by atoms with Crippen LogP contribution in [0, 0.1) is 0 Å². The molecule has 25 heavy (non-hydrogen) atoms. The molecule has 3 heterocycles. The summed E-state index contributed by atoms with van der Waals surface area (Å²) in [4.78, 5) is 25.0. The van der Waals surface area contributed by atoms with Crippen LogP contribution in [0.4, 0.5) is 15.9 Å². The number of rotatable bonds is 3. The third-order valence-electron chi connectivity index (χ3n) is 4.14. The molecule has 2 aromatic heterocycles. The minimum Gasteiger partial charge on any atom is -0.344 e. The second-order valence-corrected chi connectivity index (χ2v) is 7.13. The summed E-state index contributed by atoms with van der Waals surface area (Å²) in [5, 5.41) is 7.43. The molecule has 2 amide bonds. The SMILES string of the molecule is CN(C)c1noc([C@H]2CCCN2C(=O)Nc2nc3ccccc3s2)n1. The number of hydrogen-bond donors (Lipinski definition) is 1. The van der Waals surface area contributed by atoms with Crippen molar-refractivity contribution in [1.29, 1.82) is 0 Å². The van der Waals surface area contributed by atoms with Crippen LogP contribution in [-0.2, 0) is 0 Å². The highest BCUT2D eigenvalue weighted by atomic mass is 32.1. The van der Waals surface area contributed by atoms with Gasteiger partial charge in [-0.1, -0.05) is 23.5 Å². The molecule has 8 nitrogen and oxygen atoms in total. The van der Waals surface area contributed by atoms with Crippen LogP contribution in [0.15, 0.2) is 28.8 Å². The quantitative estimate of drug-likeness (QED) is 0.774. The number of thiazole rings is 1. The van der Waals surface area contributed by atoms with E-state index in [-0.39, 0.29) is 12.1 Å². The minimum absolute atomic E-state index is 0.189. The van der Waals surface area contributed by atoms with Crippen molar-refractivity contribution in [3.8, 4) is 0 Å². The van der Waals surface area contributed by atoms with Gasteiger partial charge >= 0.3 is 6.03 Å². The molecule has 0 saturated carbocycles. The van der Waals surface area contributed by atoms with Crippen molar-refractivity contribution >= 4 is 38.7 Å². The number of para-hydroxylation sites is 1. The maximum Gasteiger partial charge on any atom is 0.324 e. The summed E-state index contributed by atoms with van der Waals surface area (Å²) >= 11 is 1.46. The van der Waals surface area contributed by atoms with E-state index in [9.17, 15) is 4.79 Å². The van der Waals surface area contributed by atoms with Crippen molar-refractivity contribution < 1.29 is 9.32 Å². The smallest absolute Gasteiger partial charge is 0.324 e. The number of nitrogens with zero attached hydrogens (tertiary/aromatic N) is 5. The number of nitrogens with one attached hydrogen (secondary N) is 1. The molecule has 130 valence electrons. The lowest BCUT2D eigenvalue weighted by atomic mass is 10.2. The first-order valence-corrected chi connectivity index (χ1v) is 8.87. The fourth-order valence-electron chi connectivity index (χ4n) is 2.90. The van der Waals surface area contributed by atoms with Gasteiger partial charge in [0.1, 0.15) is 6.04 Å². The molecule has 4 rings (SSSR count). The van der Waals surface area contributed by atoms with Gasteiger partial charge in [0.25, 0.3) is 11.8 Å². The topological polar surface area (TPSA) is 87.4 Å². The summed E-state index contributed by atoms with van der Waals surface area (Å²) in [5.74, 6) is 0.981. The van der Waals surface area contributed by atoms with Crippen LogP contribution in [0.1, 0.15) is 24.8 Å². The third kappa shape index (κ3) is 3.02. The Hall–Kier alpha value is -2.68. The molecule has 0 radical (unpaired) electrons. The molecule has 3 aromatic rings. The van der Waals surface area contributed by atoms with Crippen molar-refractivity contribution in [3.05, 3.63) is 30.2 Å². The third-order valence-corrected chi connectivity index (χ3v) is 5.09. The van der Waals surface area contributed by atoms with Crippen LogP contribution in [-0.4, -0.2) is 46.7 Å². The molecule has 0 spiro atoms. The number of aromatic nitrogens is 3. The molecule has 1 saturated heterocycles. The molecule has 1 fully saturated rings. The molecule has 1 N–H and O–H groups in total. The average molecular weight is 358 g/mol. The van der Waals surface area contributed by atoms with E-state index in [0.29, 0.717) is 23.5 Å². The Labute approximate surface area is 148 Å². The highest BCUT2D eigenvalue weighted by molar-refractivity contribution is 7.22. The molecular formula is C16H18N6O2S. The zero-order valence-corrected chi connectivity index (χ0v) is 14.8. The number of urea groups is 1. The predicted molar refractivity (Wildman–Crippen MR) is 95.9 cm³/mol. The molecule has 1 aliphatic rings. The maximum absolute atomic E-state index is 12.7. The van der Waals surface area contributed by atoms with Gasteiger partial charge in [0.15, 0.2) is 5.13 Å². The van der Waals surface area contributed by atoms with Crippen LogP contribution < -0.4 is 10.2 Å². The molecule has 1 atom stereocenters. The van der Waals surface area contributed by atoms with Crippen molar-refractivity contribution in [2.24, 2.45) is 0 Å². The van der Waals surface area contributed by atoms with Gasteiger partial charge in [-0.2, -0.15) is 4.98 Å². The Balaban J connectivity index is 1.51. The number of anilines is 2. The first-order valence-electron chi connectivity index (χ1n) is 8.06. The van der Waals surface area contributed by atoms with E-state index in [2.05, 4.69) is 20.4 Å². The van der Waals surface area contributed by atoms with Crippen molar-refractivity contribution in [3.63, 3.8) is 0 Å². The molecule has 9 heteroatoms. The highest BCUT2D eigenvalue weighted by Gasteiger charge is 2.34. The van der Waals surface area contributed by atoms with Crippen LogP contribution in [0.5, 0.6) is 0 Å². The predicted octanol–water partition coefficient (Wildman–Crippen LogP) is 3.11. The number of hydrogen-bond acceptors (Lipinski definition) is 7. The summed E-state index contributed by atoms with van der Waals surface area (Å²) < 4.78 is 6.40. The first kappa shape index (κ1) is 15.8. The van der Waals surface area contributed by atoms with Gasteiger partial charge in [-0.3, -0.25) is 5.32 Å². The lowest BCUT2D eigenvalue weighted by Gasteiger charge is -2.21. The Morgan fingerprint density at radius 2 is 2.20 bits per heavy atom. The number of carbonyl (C=O) groups excluding carboxylic acids is 1. The maximum atomic E-state index is 12.7. The van der Waals surface area contributed by atoms with E-state index in [4.69, 9.17) is 4.52 Å². The van der Waals surface area contributed by atoms with Crippen molar-refractivity contribution in [2.45, 2.75) is 18.9 Å². The highest BCUT2D eigenvalue weighted by Crippen LogP contribution is 2.33. The number of carbonyl (C=O) groups is 1. The van der Waals surface area contributed by atoms with Crippen molar-refractivity contribution in [2.75, 3.05) is 30.9 Å². The Kier molecular flexibility index (Phi) is 4.00. The molecule has 0 aliphatic carbocycles. The summed E-state index contributed by atoms with van der Waals surface area (Å²) in [6.45, 7) is 0.654. The van der Waals surface area contributed by atoms with Crippen LogP contribution >= 0.6 is 11.3 Å². The lowest BCUT2D eigenvalue weighted by molar-refractivity contribution is 0.193. The van der Waals surface area contributed by atoms with Crippen LogP contribution in [0.3, 0.4) is 0 Å². The fraction of sp³-hybridized carbons (Fsp3) is 0.375. The van der Waals surface area contributed by atoms with E-state index in [1.807, 2.05) is 38.4 Å². The van der Waals surface area contributed by atoms with Crippen LogP contribution in [0.2, 0.25) is 0 Å². The Morgan fingerprint density at radius 1 is 1.36 bits per heavy atom. The van der Waals surface area contributed by atoms with E-state index in [1.54, 1.807) is 9.80 Å². The Bertz CT molecular complexity index is 872. The van der Waals surface area contributed by atoms with Gasteiger partial charge in [0.05, 0.1) is 10.2 Å². The summed E-state index contributed by atoms with van der Waals surface area (Å²) in [6, 6.07) is 7.42. The molecule has 0 unspecified atom stereocenters. The standard InChI is InChI=1S/C16H18N6O2S/c1-21(2)14-18-13(24-20-14)11-7-5-9-22(11)16(23)19-15-17-10-6-3-4-8-12(10)25-15/h3-4,6,8,11H,5,7,9H2,1-2H3,(H,17,19,23)/t11-/m1/s1. The summed E-state index contributed by atoms with van der Waals surface area (Å²) in [6.07, 6.45) is 1.71. The van der Waals surface area contributed by atoms with E-state index >= 15 is 0 Å². The van der Waals surface area contributed by atoms with Crippen molar-refractivity contribution in [1.82, 2.24) is 20.0 Å². The monoisotopic (exact) mass is 358 g/mol. The molecule has 1 aromatic carbocycles. The molecular weight excluding hydrogens is 340 g/mol. The second kappa shape index (κ2) is 6.32. The summed E-state index contributed by atoms with van der Waals surface area (Å²) in [7, 11) is 3.70. The average Bonchev–Trinajstić information content (AvgIpc) is 3.32. The minimum atomic E-state index is -0.199. The summed E-state index contributed by atoms with van der Waals surface area (Å²) in [5.41, 5.74) is 0.883. The fourth-order valence-corrected chi connectivity index (χ4v) is 3.75. The van der Waals surface area contributed by atoms with Gasteiger partial charge in [-0.15, -0.1) is 0 Å². The lowest BCUT2D eigenvalue weighted by Crippen LogP contribution is -2.34. The number of amides is 2. The van der Waals surface area contributed by atoms with Gasteiger partial charge in [0.2, 0.25) is 0 Å². The van der Waals surface area contributed by atoms with Crippen LogP contribution in [0.25, 0.3) is 10.2 Å². The Morgan fingerprint density at radius 3 is 2.96 bits per heavy atom. The zero-order chi connectivity index (χ0) is 17.4. The van der Waals surface area contributed by atoms with E-state index < -0.39 is 0 Å². The van der Waals surface area contributed by atoms with Gasteiger partial charge in [0, 0.05) is 20.6 Å². The largest absolute Gasteiger partial charge is 0.344 e. The first-order chi connectivity index (χ1) is 12.1. The zero-order valence-electron chi connectivity index (χ0n) is 14.0. The molecule has 0 bridgehead atoms. The van der Waals surface area contributed by atoms with Gasteiger partial charge in [-0.25, -0.2) is 9.78 Å². The van der Waals surface area contributed by atoms with E-state index in [0.717, 1.165) is 23.1 Å². The van der Waals surface area contributed by atoms with Gasteiger partial charge < -0.3 is 14.3 Å². The number of benzene rings is 1. The van der Waals surface area contributed by atoms with E-state index in [1.165, 1.54) is 11.3 Å². The van der Waals surface area contributed by atoms with Gasteiger partial charge in [-0.05, 0) is 30.1 Å².